The zero-order chi connectivity index (χ0) is 18.1. The Bertz CT molecular complexity index is 769. The number of rotatable bonds is 8. The van der Waals surface area contributed by atoms with E-state index in [1.807, 2.05) is 62.5 Å². The Labute approximate surface area is 149 Å². The topological polar surface area (TPSA) is 46.2 Å². The molecule has 2 aromatic rings. The minimum Gasteiger partial charge on any atom is -0.316 e. The van der Waals surface area contributed by atoms with Gasteiger partial charge in [0.05, 0.1) is 6.42 Å². The lowest BCUT2D eigenvalue weighted by atomic mass is 10.1. The van der Waals surface area contributed by atoms with Gasteiger partial charge in [-0.2, -0.15) is 0 Å². The maximum Gasteiger partial charge on any atom is 0.163 e. The van der Waals surface area contributed by atoms with E-state index in [2.05, 4.69) is 5.32 Å². The molecule has 25 heavy (non-hydrogen) atoms. The molecule has 0 radical (unpaired) electrons. The van der Waals surface area contributed by atoms with E-state index in [9.17, 15) is 9.59 Å². The maximum absolute atomic E-state index is 11.9. The van der Waals surface area contributed by atoms with Crippen LogP contribution in [0, 0.1) is 6.92 Å². The van der Waals surface area contributed by atoms with Crippen molar-refractivity contribution in [3.8, 4) is 0 Å². The summed E-state index contributed by atoms with van der Waals surface area (Å²) < 4.78 is 0. The second kappa shape index (κ2) is 9.50. The molecule has 0 bridgehead atoms. The summed E-state index contributed by atoms with van der Waals surface area (Å²) in [6.45, 7) is 2.82. The van der Waals surface area contributed by atoms with E-state index in [0.29, 0.717) is 0 Å². The third-order valence-electron chi connectivity index (χ3n) is 3.71. The van der Waals surface area contributed by atoms with Gasteiger partial charge in [-0.05, 0) is 42.8 Å². The molecule has 3 heteroatoms. The molecule has 128 valence electrons. The van der Waals surface area contributed by atoms with Gasteiger partial charge in [0.1, 0.15) is 0 Å². The van der Waals surface area contributed by atoms with Crippen molar-refractivity contribution in [3.63, 3.8) is 0 Å². The van der Waals surface area contributed by atoms with E-state index in [4.69, 9.17) is 0 Å². The molecule has 0 unspecified atom stereocenters. The molecule has 0 saturated carbocycles. The molecule has 0 aliphatic heterocycles. The standard InChI is InChI=1S/C22H23NO2/c1-17-3-5-18(6-4-17)11-13-21(24)15-22(25)14-12-19-7-9-20(10-8-19)16-23-2/h3-14,23H,15-16H2,1-2H3/b13-11+,14-12+. The SMILES string of the molecule is CNCc1ccc(/C=C/C(=O)CC(=O)/C=C/c2ccc(C)cc2)cc1. The van der Waals surface area contributed by atoms with Crippen LogP contribution in [0.3, 0.4) is 0 Å². The van der Waals surface area contributed by atoms with Gasteiger partial charge in [-0.3, -0.25) is 9.59 Å². The van der Waals surface area contributed by atoms with Crippen molar-refractivity contribution in [2.75, 3.05) is 7.05 Å². The smallest absolute Gasteiger partial charge is 0.163 e. The molecule has 0 saturated heterocycles. The minimum atomic E-state index is -0.196. The van der Waals surface area contributed by atoms with Gasteiger partial charge in [0.15, 0.2) is 11.6 Å². The summed E-state index contributed by atoms with van der Waals surface area (Å²) in [5.41, 5.74) is 4.24. The van der Waals surface area contributed by atoms with Gasteiger partial charge in [0.2, 0.25) is 0 Å². The Morgan fingerprint density at radius 1 is 0.840 bits per heavy atom. The molecule has 0 aromatic heterocycles. The third kappa shape index (κ3) is 6.69. The van der Waals surface area contributed by atoms with Gasteiger partial charge in [0, 0.05) is 6.54 Å². The normalized spacial score (nSPS) is 11.3. The molecule has 3 nitrogen and oxygen atoms in total. The van der Waals surface area contributed by atoms with Gasteiger partial charge in [-0.1, -0.05) is 66.2 Å². The zero-order valence-corrected chi connectivity index (χ0v) is 14.7. The number of ketones is 2. The average molecular weight is 333 g/mol. The van der Waals surface area contributed by atoms with Crippen LogP contribution in [-0.2, 0) is 16.1 Å². The molecule has 0 atom stereocenters. The zero-order valence-electron chi connectivity index (χ0n) is 14.7. The fourth-order valence-corrected chi connectivity index (χ4v) is 2.30. The Kier molecular flexibility index (Phi) is 7.05. The van der Waals surface area contributed by atoms with Gasteiger partial charge in [-0.15, -0.1) is 0 Å². The molecular weight excluding hydrogens is 310 g/mol. The number of benzene rings is 2. The Morgan fingerprint density at radius 3 is 1.80 bits per heavy atom. The highest BCUT2D eigenvalue weighted by molar-refractivity contribution is 6.10. The van der Waals surface area contributed by atoms with E-state index >= 15 is 0 Å². The highest BCUT2D eigenvalue weighted by Crippen LogP contribution is 2.08. The van der Waals surface area contributed by atoms with Crippen LogP contribution in [0.25, 0.3) is 12.2 Å². The van der Waals surface area contributed by atoms with Gasteiger partial charge in [0.25, 0.3) is 0 Å². The van der Waals surface area contributed by atoms with Crippen LogP contribution in [-0.4, -0.2) is 18.6 Å². The van der Waals surface area contributed by atoms with E-state index < -0.39 is 0 Å². The van der Waals surface area contributed by atoms with E-state index in [0.717, 1.165) is 17.7 Å². The van der Waals surface area contributed by atoms with Crippen molar-refractivity contribution < 1.29 is 9.59 Å². The van der Waals surface area contributed by atoms with Crippen LogP contribution in [0.15, 0.2) is 60.7 Å². The number of nitrogens with one attached hydrogen (secondary N) is 1. The first-order valence-electron chi connectivity index (χ1n) is 8.29. The quantitative estimate of drug-likeness (QED) is 0.587. The first-order valence-corrected chi connectivity index (χ1v) is 8.29. The van der Waals surface area contributed by atoms with Crippen LogP contribution in [0.5, 0.6) is 0 Å². The largest absolute Gasteiger partial charge is 0.316 e. The first kappa shape index (κ1) is 18.6. The number of carbonyl (C=O) groups is 2. The van der Waals surface area contributed by atoms with E-state index in [1.54, 1.807) is 12.2 Å². The number of allylic oxidation sites excluding steroid dienone is 2. The van der Waals surface area contributed by atoms with E-state index in [-0.39, 0.29) is 18.0 Å². The minimum absolute atomic E-state index is 0.114. The Morgan fingerprint density at radius 2 is 1.32 bits per heavy atom. The predicted molar refractivity (Wildman–Crippen MR) is 103 cm³/mol. The van der Waals surface area contributed by atoms with Crippen molar-refractivity contribution in [3.05, 3.63) is 82.9 Å². The maximum atomic E-state index is 11.9. The fourth-order valence-electron chi connectivity index (χ4n) is 2.30. The fraction of sp³-hybridized carbons (Fsp3) is 0.182. The second-order valence-corrected chi connectivity index (χ2v) is 5.96. The van der Waals surface area contributed by atoms with Gasteiger partial charge >= 0.3 is 0 Å². The molecule has 2 aromatic carbocycles. The summed E-state index contributed by atoms with van der Waals surface area (Å²) in [7, 11) is 1.90. The van der Waals surface area contributed by atoms with Gasteiger partial charge < -0.3 is 5.32 Å². The Balaban J connectivity index is 1.86. The second-order valence-electron chi connectivity index (χ2n) is 5.96. The summed E-state index contributed by atoms with van der Waals surface area (Å²) in [5.74, 6) is -0.391. The van der Waals surface area contributed by atoms with Crippen LogP contribution < -0.4 is 5.32 Å². The lowest BCUT2D eigenvalue weighted by molar-refractivity contribution is -0.121. The van der Waals surface area contributed by atoms with Crippen molar-refractivity contribution in [1.82, 2.24) is 5.32 Å². The summed E-state index contributed by atoms with van der Waals surface area (Å²) in [4.78, 5) is 23.8. The van der Waals surface area contributed by atoms with Crippen molar-refractivity contribution >= 4 is 23.7 Å². The summed E-state index contributed by atoms with van der Waals surface area (Å²) in [6, 6.07) is 15.8. The molecule has 1 N–H and O–H groups in total. The first-order chi connectivity index (χ1) is 12.1. The number of hydrogen-bond acceptors (Lipinski definition) is 3. The summed E-state index contributed by atoms with van der Waals surface area (Å²) in [5, 5.41) is 3.09. The molecule has 0 aliphatic rings. The molecular formula is C22H23NO2. The molecule has 0 spiro atoms. The van der Waals surface area contributed by atoms with Crippen molar-refractivity contribution in [1.29, 1.82) is 0 Å². The lowest BCUT2D eigenvalue weighted by Crippen LogP contribution is -2.04. The highest BCUT2D eigenvalue weighted by Gasteiger charge is 2.03. The summed E-state index contributed by atoms with van der Waals surface area (Å²) in [6.07, 6.45) is 6.28. The van der Waals surface area contributed by atoms with Crippen LogP contribution in [0.2, 0.25) is 0 Å². The number of hydrogen-bond donors (Lipinski definition) is 1. The molecule has 0 aliphatic carbocycles. The van der Waals surface area contributed by atoms with Crippen LogP contribution >= 0.6 is 0 Å². The van der Waals surface area contributed by atoms with Gasteiger partial charge in [-0.25, -0.2) is 0 Å². The predicted octanol–water partition coefficient (Wildman–Crippen LogP) is 3.97. The van der Waals surface area contributed by atoms with E-state index in [1.165, 1.54) is 23.3 Å². The number of aryl methyl sites for hydroxylation is 1. The Hall–Kier alpha value is -2.78. The summed E-state index contributed by atoms with van der Waals surface area (Å²) >= 11 is 0. The number of carbonyl (C=O) groups excluding carboxylic acids is 2. The third-order valence-corrected chi connectivity index (χ3v) is 3.71. The van der Waals surface area contributed by atoms with Crippen molar-refractivity contribution in [2.45, 2.75) is 19.9 Å². The van der Waals surface area contributed by atoms with Crippen LogP contribution in [0.4, 0.5) is 0 Å². The highest BCUT2D eigenvalue weighted by atomic mass is 16.1. The molecule has 2 rings (SSSR count). The molecule has 0 heterocycles. The monoisotopic (exact) mass is 333 g/mol. The molecule has 0 amide bonds. The lowest BCUT2D eigenvalue weighted by Gasteiger charge is -2.00. The average Bonchev–Trinajstić information content (AvgIpc) is 2.61. The molecule has 0 fully saturated rings. The van der Waals surface area contributed by atoms with Crippen LogP contribution in [0.1, 0.15) is 28.7 Å². The van der Waals surface area contributed by atoms with Crippen molar-refractivity contribution in [2.24, 2.45) is 0 Å².